The zero-order valence-corrected chi connectivity index (χ0v) is 15.1. The van der Waals surface area contributed by atoms with E-state index < -0.39 is 74.2 Å². The molecule has 4 unspecified atom stereocenters. The van der Waals surface area contributed by atoms with Crippen molar-refractivity contribution in [1.82, 2.24) is 5.32 Å². The van der Waals surface area contributed by atoms with Crippen molar-refractivity contribution in [2.24, 2.45) is 5.92 Å². The van der Waals surface area contributed by atoms with Crippen LogP contribution in [0.1, 0.15) is 20.8 Å². The smallest absolute Gasteiger partial charge is 0.217 e. The zero-order valence-electron chi connectivity index (χ0n) is 15.1. The molecule has 0 aromatic carbocycles. The lowest BCUT2D eigenvalue weighted by molar-refractivity contribution is -0.323. The molecule has 0 radical (unpaired) electrons. The van der Waals surface area contributed by atoms with Gasteiger partial charge in [-0.2, -0.15) is 0 Å². The van der Waals surface area contributed by atoms with Crippen molar-refractivity contribution >= 4 is 5.91 Å². The minimum Gasteiger partial charge on any atom is -0.394 e. The number of carbonyl (C=O) groups is 1. The van der Waals surface area contributed by atoms with E-state index in [-0.39, 0.29) is 5.91 Å². The zero-order chi connectivity index (χ0) is 19.6. The fraction of sp³-hybridized carbons (Fsp3) is 0.938. The quantitative estimate of drug-likeness (QED) is 0.294. The molecule has 0 bridgehead atoms. The van der Waals surface area contributed by atoms with Gasteiger partial charge in [0.2, 0.25) is 5.91 Å². The number of nitrogens with one attached hydrogen (secondary N) is 1. The number of aliphatic hydroxyl groups excluding tert-OH is 5. The Hall–Kier alpha value is -0.850. The van der Waals surface area contributed by atoms with Crippen LogP contribution in [0.4, 0.5) is 0 Å². The second kappa shape index (κ2) is 8.89. The van der Waals surface area contributed by atoms with Crippen LogP contribution in [0.2, 0.25) is 0 Å². The molecule has 6 N–H and O–H groups in total. The van der Waals surface area contributed by atoms with Crippen LogP contribution in [0.25, 0.3) is 0 Å². The van der Waals surface area contributed by atoms with E-state index in [0.717, 1.165) is 0 Å². The van der Waals surface area contributed by atoms with Crippen LogP contribution in [0.3, 0.4) is 0 Å². The molecule has 26 heavy (non-hydrogen) atoms. The summed E-state index contributed by atoms with van der Waals surface area (Å²) in [6.45, 7) is 3.59. The fourth-order valence-corrected chi connectivity index (χ4v) is 3.42. The highest BCUT2D eigenvalue weighted by atomic mass is 16.7. The first-order chi connectivity index (χ1) is 12.2. The highest BCUT2D eigenvalue weighted by molar-refractivity contribution is 5.73. The third kappa shape index (κ3) is 4.34. The molecule has 0 saturated carbocycles. The van der Waals surface area contributed by atoms with Gasteiger partial charge in [-0.05, 0) is 6.92 Å². The molecule has 2 fully saturated rings. The van der Waals surface area contributed by atoms with Crippen molar-refractivity contribution in [2.45, 2.75) is 75.8 Å². The molecule has 0 spiro atoms. The van der Waals surface area contributed by atoms with Crippen LogP contribution in [-0.2, 0) is 19.0 Å². The molecule has 10 heteroatoms. The Kier molecular flexibility index (Phi) is 7.34. The highest BCUT2D eigenvalue weighted by Crippen LogP contribution is 2.31. The molecular formula is C16H29NO9. The predicted octanol–water partition coefficient (Wildman–Crippen LogP) is -2.91. The third-order valence-electron chi connectivity index (χ3n) is 4.99. The number of amides is 1. The molecule has 152 valence electrons. The topological polar surface area (TPSA) is 158 Å². The minimum absolute atomic E-state index is 0.355. The van der Waals surface area contributed by atoms with E-state index in [9.17, 15) is 30.3 Å². The average molecular weight is 379 g/mol. The Labute approximate surface area is 151 Å². The Balaban J connectivity index is 2.16. The lowest BCUT2D eigenvalue weighted by Gasteiger charge is -2.47. The summed E-state index contributed by atoms with van der Waals surface area (Å²) in [5.74, 6) is -1.02. The predicted molar refractivity (Wildman–Crippen MR) is 86.8 cm³/mol. The van der Waals surface area contributed by atoms with Crippen LogP contribution in [-0.4, -0.2) is 99.7 Å². The molecule has 2 aliphatic rings. The molecule has 1 amide bonds. The van der Waals surface area contributed by atoms with Crippen molar-refractivity contribution in [3.8, 4) is 0 Å². The van der Waals surface area contributed by atoms with E-state index >= 15 is 0 Å². The fourth-order valence-electron chi connectivity index (χ4n) is 3.42. The Bertz CT molecular complexity index is 477. The minimum atomic E-state index is -1.27. The maximum Gasteiger partial charge on any atom is 0.217 e. The van der Waals surface area contributed by atoms with Crippen molar-refractivity contribution in [3.05, 3.63) is 0 Å². The van der Waals surface area contributed by atoms with Gasteiger partial charge in [0.15, 0.2) is 6.29 Å². The van der Waals surface area contributed by atoms with E-state index in [1.165, 1.54) is 6.92 Å². The van der Waals surface area contributed by atoms with Crippen LogP contribution in [0.5, 0.6) is 0 Å². The number of aliphatic hydroxyl groups is 5. The highest BCUT2D eigenvalue weighted by Gasteiger charge is 2.49. The normalized spacial score (nSPS) is 46.8. The largest absolute Gasteiger partial charge is 0.394 e. The van der Waals surface area contributed by atoms with Crippen molar-refractivity contribution in [2.75, 3.05) is 13.2 Å². The van der Waals surface area contributed by atoms with E-state index in [4.69, 9.17) is 14.2 Å². The first-order valence-electron chi connectivity index (χ1n) is 8.70. The van der Waals surface area contributed by atoms with Crippen molar-refractivity contribution in [3.63, 3.8) is 0 Å². The average Bonchev–Trinajstić information content (AvgIpc) is 2.60. The van der Waals surface area contributed by atoms with Crippen LogP contribution in [0.15, 0.2) is 0 Å². The third-order valence-corrected chi connectivity index (χ3v) is 4.99. The van der Waals surface area contributed by atoms with Gasteiger partial charge in [0.25, 0.3) is 0 Å². The molecule has 0 aliphatic carbocycles. The first kappa shape index (κ1) is 21.5. The van der Waals surface area contributed by atoms with Crippen LogP contribution < -0.4 is 5.32 Å². The van der Waals surface area contributed by atoms with Gasteiger partial charge in [-0.3, -0.25) is 4.79 Å². The number of rotatable bonds is 5. The second-order valence-corrected chi connectivity index (χ2v) is 6.95. The van der Waals surface area contributed by atoms with E-state index in [0.29, 0.717) is 0 Å². The van der Waals surface area contributed by atoms with E-state index in [1.807, 2.05) is 0 Å². The van der Waals surface area contributed by atoms with Crippen LogP contribution >= 0.6 is 0 Å². The summed E-state index contributed by atoms with van der Waals surface area (Å²) >= 11 is 0. The Morgan fingerprint density at radius 2 is 1.62 bits per heavy atom. The molecule has 10 atom stereocenters. The molecule has 0 aromatic heterocycles. The molecule has 2 rings (SSSR count). The summed E-state index contributed by atoms with van der Waals surface area (Å²) in [6.07, 6.45) is -8.28. The molecule has 2 heterocycles. The second-order valence-electron chi connectivity index (χ2n) is 6.95. The van der Waals surface area contributed by atoms with E-state index in [2.05, 4.69) is 5.32 Å². The van der Waals surface area contributed by atoms with Gasteiger partial charge in [0, 0.05) is 12.8 Å². The molecule has 10 nitrogen and oxygen atoms in total. The van der Waals surface area contributed by atoms with Crippen molar-refractivity contribution < 1.29 is 44.5 Å². The monoisotopic (exact) mass is 379 g/mol. The maximum atomic E-state index is 11.4. The van der Waals surface area contributed by atoms with Gasteiger partial charge in [-0.15, -0.1) is 0 Å². The standard InChI is InChI=1S/C16H29NO9/c1-6-12(21)13(22)9(4-18)25-16(6)26-15-10(5-19)24-7(2)11(14(15)23)17-8(3)20/h6-7,9-16,18-19,21-23H,4-5H2,1-3H3,(H,17,20)/t6?,7-,9?,10?,11?,12+,13+,14+,15+,16-/m0/s1. The van der Waals surface area contributed by atoms with E-state index in [1.54, 1.807) is 13.8 Å². The summed E-state index contributed by atoms with van der Waals surface area (Å²) in [6, 6.07) is -0.761. The van der Waals surface area contributed by atoms with Gasteiger partial charge in [-0.25, -0.2) is 0 Å². The Morgan fingerprint density at radius 3 is 2.15 bits per heavy atom. The summed E-state index contributed by atoms with van der Waals surface area (Å²) in [5, 5.41) is 52.2. The number of carbonyl (C=O) groups excluding carboxylic acids is 1. The molecular weight excluding hydrogens is 350 g/mol. The maximum absolute atomic E-state index is 11.4. The lowest BCUT2D eigenvalue weighted by Crippen LogP contribution is -2.65. The van der Waals surface area contributed by atoms with Crippen LogP contribution in [0, 0.1) is 5.92 Å². The van der Waals surface area contributed by atoms with Gasteiger partial charge in [0.05, 0.1) is 31.5 Å². The lowest BCUT2D eigenvalue weighted by atomic mass is 9.91. The van der Waals surface area contributed by atoms with Gasteiger partial charge >= 0.3 is 0 Å². The van der Waals surface area contributed by atoms with Gasteiger partial charge < -0.3 is 45.1 Å². The number of hydrogen-bond acceptors (Lipinski definition) is 9. The summed E-state index contributed by atoms with van der Waals surface area (Å²) in [4.78, 5) is 11.4. The summed E-state index contributed by atoms with van der Waals surface area (Å²) in [5.41, 5.74) is 0. The number of ether oxygens (including phenoxy) is 3. The van der Waals surface area contributed by atoms with Gasteiger partial charge in [0.1, 0.15) is 30.5 Å². The molecule has 2 saturated heterocycles. The first-order valence-corrected chi connectivity index (χ1v) is 8.70. The SMILES string of the molecule is CC(=O)NC1[C@H](C)OC(CO)[C@@H](O[C@@H]2OC(CO)[C@@H](O)[C@H](O)C2C)[C@@H]1O. The molecule has 0 aromatic rings. The van der Waals surface area contributed by atoms with Crippen molar-refractivity contribution in [1.29, 1.82) is 0 Å². The Morgan fingerprint density at radius 1 is 1.00 bits per heavy atom. The summed E-state index contributed by atoms with van der Waals surface area (Å²) < 4.78 is 16.9. The van der Waals surface area contributed by atoms with Gasteiger partial charge in [-0.1, -0.05) is 6.92 Å². The number of hydrogen-bond donors (Lipinski definition) is 6. The summed E-state index contributed by atoms with van der Waals surface area (Å²) in [7, 11) is 0. The molecule has 2 aliphatic heterocycles.